The van der Waals surface area contributed by atoms with Crippen LogP contribution < -0.4 is 5.32 Å². The molecule has 2 aromatic heterocycles. The second-order valence-electron chi connectivity index (χ2n) is 5.26. The molecule has 0 fully saturated rings. The number of rotatable bonds is 5. The third-order valence-corrected chi connectivity index (χ3v) is 3.75. The lowest BCUT2D eigenvalue weighted by Gasteiger charge is -2.17. The fourth-order valence-corrected chi connectivity index (χ4v) is 2.65. The zero-order chi connectivity index (χ0) is 14.5. The van der Waals surface area contributed by atoms with Crippen LogP contribution in [0.5, 0.6) is 0 Å². The van der Waals surface area contributed by atoms with Gasteiger partial charge < -0.3 is 5.32 Å². The molecule has 1 aliphatic carbocycles. The predicted molar refractivity (Wildman–Crippen MR) is 78.7 cm³/mol. The van der Waals surface area contributed by atoms with Gasteiger partial charge in [0.1, 0.15) is 11.9 Å². The molecule has 0 unspecified atom stereocenters. The molecule has 0 aromatic carbocycles. The highest BCUT2D eigenvalue weighted by Gasteiger charge is 2.14. The first kappa shape index (κ1) is 13.6. The van der Waals surface area contributed by atoms with E-state index in [4.69, 9.17) is 0 Å². The van der Waals surface area contributed by atoms with Crippen LogP contribution in [-0.4, -0.2) is 26.5 Å². The molecule has 2 aromatic rings. The van der Waals surface area contributed by atoms with Crippen LogP contribution in [0.25, 0.3) is 0 Å². The molecule has 108 valence electrons. The van der Waals surface area contributed by atoms with Crippen LogP contribution in [0.4, 0.5) is 5.82 Å². The molecular weight excluding hydrogens is 264 g/mol. The molecule has 1 N–H and O–H groups in total. The number of aromatic nitrogens is 4. The number of nitriles is 1. The van der Waals surface area contributed by atoms with Crippen molar-refractivity contribution in [3.63, 3.8) is 0 Å². The molecule has 0 spiro atoms. The minimum Gasteiger partial charge on any atom is -0.369 e. The number of hydrogen-bond donors (Lipinski definition) is 1. The van der Waals surface area contributed by atoms with Crippen LogP contribution in [0.3, 0.4) is 0 Å². The van der Waals surface area contributed by atoms with E-state index in [0.717, 1.165) is 43.9 Å². The minimum atomic E-state index is 0.649. The van der Waals surface area contributed by atoms with E-state index in [2.05, 4.69) is 26.7 Å². The smallest absolute Gasteiger partial charge is 0.144 e. The first-order valence-corrected chi connectivity index (χ1v) is 7.37. The summed E-state index contributed by atoms with van der Waals surface area (Å²) in [5, 5.41) is 20.3. The van der Waals surface area contributed by atoms with E-state index in [9.17, 15) is 5.26 Å². The third-order valence-electron chi connectivity index (χ3n) is 3.75. The average Bonchev–Trinajstić information content (AvgIpc) is 3.04. The first-order valence-electron chi connectivity index (χ1n) is 7.37. The van der Waals surface area contributed by atoms with Gasteiger partial charge in [0.05, 0.1) is 11.8 Å². The summed E-state index contributed by atoms with van der Waals surface area (Å²) in [6.07, 6.45) is 8.89. The molecular formula is C15H18N6. The molecule has 6 heteroatoms. The normalized spacial score (nSPS) is 13.5. The maximum atomic E-state index is 9.27. The third kappa shape index (κ3) is 3.19. The lowest BCUT2D eigenvalue weighted by molar-refractivity contribution is 0.569. The second kappa shape index (κ2) is 6.35. The number of aryl methyl sites for hydroxylation is 3. The molecule has 3 rings (SSSR count). The summed E-state index contributed by atoms with van der Waals surface area (Å²) in [6.45, 7) is 1.57. The monoisotopic (exact) mass is 282 g/mol. The van der Waals surface area contributed by atoms with Crippen LogP contribution >= 0.6 is 0 Å². The Labute approximate surface area is 123 Å². The van der Waals surface area contributed by atoms with Crippen LogP contribution in [0, 0.1) is 11.3 Å². The SMILES string of the molecule is N#Cc1cc2c(nc1NCCCn1ccnn1)CCCC2. The number of fused-ring (bicyclic) bond motifs is 1. The standard InChI is InChI=1S/C15H18N6/c16-11-13-10-12-4-1-2-5-14(12)19-15(13)17-6-3-8-21-9-7-18-20-21/h7,9-10H,1-6,8H2,(H,17,19). The highest BCUT2D eigenvalue weighted by Crippen LogP contribution is 2.24. The number of nitrogens with zero attached hydrogens (tertiary/aromatic N) is 5. The molecule has 0 amide bonds. The van der Waals surface area contributed by atoms with Gasteiger partial charge in [-0.3, -0.25) is 4.68 Å². The van der Waals surface area contributed by atoms with Gasteiger partial charge in [-0.1, -0.05) is 5.21 Å². The van der Waals surface area contributed by atoms with Gasteiger partial charge in [0.2, 0.25) is 0 Å². The van der Waals surface area contributed by atoms with Gasteiger partial charge in [0.15, 0.2) is 0 Å². The van der Waals surface area contributed by atoms with Crippen molar-refractivity contribution in [1.29, 1.82) is 5.26 Å². The predicted octanol–water partition coefficient (Wildman–Crippen LogP) is 1.93. The van der Waals surface area contributed by atoms with Gasteiger partial charge in [0.25, 0.3) is 0 Å². The van der Waals surface area contributed by atoms with Gasteiger partial charge in [0, 0.05) is 25.0 Å². The van der Waals surface area contributed by atoms with Crippen molar-refractivity contribution in [3.05, 3.63) is 35.3 Å². The van der Waals surface area contributed by atoms with E-state index < -0.39 is 0 Å². The van der Waals surface area contributed by atoms with Crippen molar-refractivity contribution in [2.24, 2.45) is 0 Å². The van der Waals surface area contributed by atoms with Crippen molar-refractivity contribution in [1.82, 2.24) is 20.0 Å². The summed E-state index contributed by atoms with van der Waals surface area (Å²) in [4.78, 5) is 4.65. The summed E-state index contributed by atoms with van der Waals surface area (Å²) in [5.74, 6) is 0.719. The lowest BCUT2D eigenvalue weighted by atomic mass is 9.95. The number of hydrogen-bond acceptors (Lipinski definition) is 5. The van der Waals surface area contributed by atoms with Crippen molar-refractivity contribution >= 4 is 5.82 Å². The Morgan fingerprint density at radius 1 is 1.33 bits per heavy atom. The zero-order valence-electron chi connectivity index (χ0n) is 11.9. The summed E-state index contributed by atoms with van der Waals surface area (Å²) in [5.41, 5.74) is 3.04. The first-order chi connectivity index (χ1) is 10.4. The largest absolute Gasteiger partial charge is 0.369 e. The van der Waals surface area contributed by atoms with Gasteiger partial charge >= 0.3 is 0 Å². The summed E-state index contributed by atoms with van der Waals surface area (Å²) < 4.78 is 1.80. The van der Waals surface area contributed by atoms with E-state index in [-0.39, 0.29) is 0 Å². The molecule has 0 saturated heterocycles. The quantitative estimate of drug-likeness (QED) is 0.848. The lowest BCUT2D eigenvalue weighted by Crippen LogP contribution is -2.13. The Hall–Kier alpha value is -2.42. The molecule has 0 saturated carbocycles. The van der Waals surface area contributed by atoms with Gasteiger partial charge in [-0.05, 0) is 43.7 Å². The summed E-state index contributed by atoms with van der Waals surface area (Å²) >= 11 is 0. The molecule has 6 nitrogen and oxygen atoms in total. The average molecular weight is 282 g/mol. The van der Waals surface area contributed by atoms with Crippen LogP contribution in [-0.2, 0) is 19.4 Å². The van der Waals surface area contributed by atoms with Gasteiger partial charge in [-0.15, -0.1) is 5.10 Å². The Morgan fingerprint density at radius 3 is 3.05 bits per heavy atom. The van der Waals surface area contributed by atoms with E-state index >= 15 is 0 Å². The molecule has 0 bridgehead atoms. The minimum absolute atomic E-state index is 0.649. The maximum absolute atomic E-state index is 9.27. The zero-order valence-corrected chi connectivity index (χ0v) is 11.9. The van der Waals surface area contributed by atoms with E-state index in [1.807, 2.05) is 12.3 Å². The van der Waals surface area contributed by atoms with Crippen molar-refractivity contribution in [2.45, 2.75) is 38.6 Å². The Balaban J connectivity index is 1.63. The van der Waals surface area contributed by atoms with E-state index in [0.29, 0.717) is 5.56 Å². The van der Waals surface area contributed by atoms with Gasteiger partial charge in [-0.25, -0.2) is 4.98 Å². The summed E-state index contributed by atoms with van der Waals surface area (Å²) in [7, 11) is 0. The molecule has 0 atom stereocenters. The molecule has 21 heavy (non-hydrogen) atoms. The van der Waals surface area contributed by atoms with E-state index in [1.54, 1.807) is 10.9 Å². The highest BCUT2D eigenvalue weighted by atomic mass is 15.4. The van der Waals surface area contributed by atoms with Crippen molar-refractivity contribution < 1.29 is 0 Å². The van der Waals surface area contributed by atoms with Crippen LogP contribution in [0.15, 0.2) is 18.5 Å². The Morgan fingerprint density at radius 2 is 2.24 bits per heavy atom. The number of nitrogens with one attached hydrogen (secondary N) is 1. The van der Waals surface area contributed by atoms with Gasteiger partial charge in [-0.2, -0.15) is 5.26 Å². The van der Waals surface area contributed by atoms with E-state index in [1.165, 1.54) is 18.4 Å². The molecule has 0 aliphatic heterocycles. The van der Waals surface area contributed by atoms with Crippen LogP contribution in [0.1, 0.15) is 36.1 Å². The second-order valence-corrected chi connectivity index (χ2v) is 5.26. The number of anilines is 1. The maximum Gasteiger partial charge on any atom is 0.144 e. The summed E-state index contributed by atoms with van der Waals surface area (Å²) in [6, 6.07) is 4.25. The van der Waals surface area contributed by atoms with Crippen molar-refractivity contribution in [2.75, 3.05) is 11.9 Å². The Bertz CT molecular complexity index is 641. The highest BCUT2D eigenvalue weighted by molar-refractivity contribution is 5.54. The molecule has 1 aliphatic rings. The topological polar surface area (TPSA) is 79.4 Å². The Kier molecular flexibility index (Phi) is 4.10. The molecule has 0 radical (unpaired) electrons. The fraction of sp³-hybridized carbons (Fsp3) is 0.467. The van der Waals surface area contributed by atoms with Crippen molar-refractivity contribution in [3.8, 4) is 6.07 Å². The molecule has 2 heterocycles. The number of pyridine rings is 1. The van der Waals surface area contributed by atoms with Crippen LogP contribution in [0.2, 0.25) is 0 Å². The fourth-order valence-electron chi connectivity index (χ4n) is 2.65.